The maximum atomic E-state index is 11.9. The van der Waals surface area contributed by atoms with E-state index >= 15 is 0 Å². The molecule has 0 aromatic heterocycles. The molecule has 0 radical (unpaired) electrons. The fourth-order valence-corrected chi connectivity index (χ4v) is 2.46. The van der Waals surface area contributed by atoms with Gasteiger partial charge in [-0.25, -0.2) is 5.43 Å². The van der Waals surface area contributed by atoms with E-state index in [0.29, 0.717) is 30.3 Å². The van der Waals surface area contributed by atoms with E-state index in [9.17, 15) is 9.59 Å². The Hall–Kier alpha value is -3.81. The van der Waals surface area contributed by atoms with Crippen molar-refractivity contribution in [2.24, 2.45) is 5.10 Å². The molecule has 0 atom stereocenters. The molecule has 0 heterocycles. The van der Waals surface area contributed by atoms with Crippen molar-refractivity contribution in [2.45, 2.75) is 6.42 Å². The van der Waals surface area contributed by atoms with E-state index < -0.39 is 11.8 Å². The lowest BCUT2D eigenvalue weighted by atomic mass is 10.1. The van der Waals surface area contributed by atoms with Gasteiger partial charge in [-0.05, 0) is 53.9 Å². The van der Waals surface area contributed by atoms with E-state index in [2.05, 4.69) is 22.4 Å². The van der Waals surface area contributed by atoms with Crippen molar-refractivity contribution in [3.8, 4) is 17.2 Å². The number of benzene rings is 2. The predicted octanol–water partition coefficient (Wildman–Crippen LogP) is 2.08. The van der Waals surface area contributed by atoms with Gasteiger partial charge in [-0.15, -0.1) is 0 Å². The van der Waals surface area contributed by atoms with Crippen LogP contribution in [0.15, 0.2) is 60.2 Å². The van der Waals surface area contributed by atoms with Gasteiger partial charge in [-0.3, -0.25) is 9.59 Å². The molecule has 0 aliphatic heterocycles. The van der Waals surface area contributed by atoms with Gasteiger partial charge in [0, 0.05) is 6.54 Å². The molecular formula is C22H25N3O5. The maximum absolute atomic E-state index is 11.9. The van der Waals surface area contributed by atoms with Crippen LogP contribution in [0, 0.1) is 0 Å². The second-order valence-electron chi connectivity index (χ2n) is 6.06. The highest BCUT2D eigenvalue weighted by molar-refractivity contribution is 6.35. The summed E-state index contributed by atoms with van der Waals surface area (Å²) in [6.07, 6.45) is 3.62. The van der Waals surface area contributed by atoms with Crippen molar-refractivity contribution in [1.82, 2.24) is 10.7 Å². The van der Waals surface area contributed by atoms with E-state index in [1.54, 1.807) is 50.6 Å². The molecule has 2 aromatic carbocycles. The fourth-order valence-electron chi connectivity index (χ4n) is 2.46. The Morgan fingerprint density at radius 3 is 2.43 bits per heavy atom. The molecule has 0 aliphatic rings. The molecule has 2 aromatic rings. The number of hydrogen-bond acceptors (Lipinski definition) is 6. The summed E-state index contributed by atoms with van der Waals surface area (Å²) in [5.41, 5.74) is 3.88. The molecule has 0 saturated heterocycles. The number of rotatable bonds is 10. The van der Waals surface area contributed by atoms with E-state index in [0.717, 1.165) is 11.1 Å². The zero-order chi connectivity index (χ0) is 21.8. The molecule has 8 nitrogen and oxygen atoms in total. The predicted molar refractivity (Wildman–Crippen MR) is 114 cm³/mol. The van der Waals surface area contributed by atoms with Crippen LogP contribution in [0.2, 0.25) is 0 Å². The number of nitrogens with one attached hydrogen (secondary N) is 2. The van der Waals surface area contributed by atoms with Gasteiger partial charge in [-0.2, -0.15) is 5.10 Å². The lowest BCUT2D eigenvalue weighted by molar-refractivity contribution is -0.139. The Labute approximate surface area is 175 Å². The minimum absolute atomic E-state index is 0.289. The number of methoxy groups -OCH3 is 2. The average molecular weight is 411 g/mol. The van der Waals surface area contributed by atoms with Crippen LogP contribution in [0.1, 0.15) is 11.1 Å². The van der Waals surface area contributed by atoms with Gasteiger partial charge >= 0.3 is 11.8 Å². The number of carbonyl (C=O) groups excluding carboxylic acids is 2. The van der Waals surface area contributed by atoms with E-state index in [1.807, 2.05) is 12.1 Å². The third kappa shape index (κ3) is 6.97. The summed E-state index contributed by atoms with van der Waals surface area (Å²) >= 11 is 0. The second-order valence-corrected chi connectivity index (χ2v) is 6.06. The smallest absolute Gasteiger partial charge is 0.329 e. The van der Waals surface area contributed by atoms with Crippen LogP contribution in [0.25, 0.3) is 0 Å². The van der Waals surface area contributed by atoms with Crippen molar-refractivity contribution >= 4 is 18.0 Å². The Morgan fingerprint density at radius 1 is 1.03 bits per heavy atom. The van der Waals surface area contributed by atoms with Gasteiger partial charge in [0.1, 0.15) is 12.4 Å². The fraction of sp³-hybridized carbons (Fsp3) is 0.227. The van der Waals surface area contributed by atoms with E-state index in [1.165, 1.54) is 6.21 Å². The van der Waals surface area contributed by atoms with Crippen molar-refractivity contribution in [3.05, 3.63) is 66.2 Å². The van der Waals surface area contributed by atoms with E-state index in [4.69, 9.17) is 14.2 Å². The van der Waals surface area contributed by atoms with Crippen LogP contribution in [-0.4, -0.2) is 45.4 Å². The highest BCUT2D eigenvalue weighted by atomic mass is 16.5. The van der Waals surface area contributed by atoms with Gasteiger partial charge in [0.2, 0.25) is 0 Å². The molecule has 0 unspecified atom stereocenters. The minimum atomic E-state index is -0.843. The van der Waals surface area contributed by atoms with Crippen molar-refractivity contribution < 1.29 is 23.8 Å². The van der Waals surface area contributed by atoms with Crippen LogP contribution in [0.4, 0.5) is 0 Å². The zero-order valence-corrected chi connectivity index (χ0v) is 17.0. The summed E-state index contributed by atoms with van der Waals surface area (Å²) in [4.78, 5) is 23.7. The molecule has 0 spiro atoms. The second kappa shape index (κ2) is 11.9. The zero-order valence-electron chi connectivity index (χ0n) is 17.0. The lowest BCUT2D eigenvalue weighted by Gasteiger charge is -2.10. The summed E-state index contributed by atoms with van der Waals surface area (Å²) in [5, 5.41) is 6.34. The van der Waals surface area contributed by atoms with Gasteiger partial charge in [0.15, 0.2) is 11.5 Å². The van der Waals surface area contributed by atoms with Gasteiger partial charge < -0.3 is 19.5 Å². The first-order chi connectivity index (χ1) is 14.6. The Bertz CT molecular complexity index is 894. The summed E-state index contributed by atoms with van der Waals surface area (Å²) in [6, 6.07) is 12.6. The molecule has 0 aliphatic carbocycles. The standard InChI is InChI=1S/C22H25N3O5/c1-4-13-30-18-8-5-17(6-9-18)15-24-25-22(27)21(26)23-12-11-16-7-10-19(28-2)20(14-16)29-3/h4-10,14-15H,1,11-13H2,2-3H3,(H,23,26)(H,25,27)/b24-15-. The summed E-state index contributed by atoms with van der Waals surface area (Å²) in [6.45, 7) is 4.29. The Balaban J connectivity index is 1.76. The molecular weight excluding hydrogens is 386 g/mol. The quantitative estimate of drug-likeness (QED) is 0.270. The minimum Gasteiger partial charge on any atom is -0.493 e. The van der Waals surface area contributed by atoms with Crippen molar-refractivity contribution in [1.29, 1.82) is 0 Å². The summed E-state index contributed by atoms with van der Waals surface area (Å²) in [7, 11) is 3.12. The van der Waals surface area contributed by atoms with E-state index in [-0.39, 0.29) is 6.54 Å². The molecule has 0 saturated carbocycles. The highest BCUT2D eigenvalue weighted by Crippen LogP contribution is 2.27. The average Bonchev–Trinajstić information content (AvgIpc) is 2.78. The third-order valence-corrected chi connectivity index (χ3v) is 3.98. The summed E-state index contributed by atoms with van der Waals surface area (Å²) < 4.78 is 15.8. The molecule has 158 valence electrons. The van der Waals surface area contributed by atoms with Crippen molar-refractivity contribution in [2.75, 3.05) is 27.4 Å². The van der Waals surface area contributed by atoms with Crippen LogP contribution < -0.4 is 25.0 Å². The third-order valence-electron chi connectivity index (χ3n) is 3.98. The highest BCUT2D eigenvalue weighted by Gasteiger charge is 2.12. The molecule has 8 heteroatoms. The maximum Gasteiger partial charge on any atom is 0.329 e. The molecule has 2 amide bonds. The normalized spacial score (nSPS) is 10.3. The number of carbonyl (C=O) groups is 2. The van der Waals surface area contributed by atoms with Gasteiger partial charge in [0.05, 0.1) is 20.4 Å². The van der Waals surface area contributed by atoms with Crippen LogP contribution in [0.5, 0.6) is 17.2 Å². The first kappa shape index (κ1) is 22.5. The number of hydrazone groups is 1. The Kier molecular flexibility index (Phi) is 8.92. The van der Waals surface area contributed by atoms with Crippen LogP contribution in [0.3, 0.4) is 0 Å². The number of nitrogens with zero attached hydrogens (tertiary/aromatic N) is 1. The molecule has 2 rings (SSSR count). The van der Waals surface area contributed by atoms with Gasteiger partial charge in [-0.1, -0.05) is 18.7 Å². The topological polar surface area (TPSA) is 98.2 Å². The summed E-state index contributed by atoms with van der Waals surface area (Å²) in [5.74, 6) is 0.324. The van der Waals surface area contributed by atoms with Gasteiger partial charge in [0.25, 0.3) is 0 Å². The molecule has 30 heavy (non-hydrogen) atoms. The largest absolute Gasteiger partial charge is 0.493 e. The number of ether oxygens (including phenoxy) is 3. The van der Waals surface area contributed by atoms with Crippen molar-refractivity contribution in [3.63, 3.8) is 0 Å². The molecule has 0 bridgehead atoms. The van der Waals surface area contributed by atoms with Crippen LogP contribution >= 0.6 is 0 Å². The lowest BCUT2D eigenvalue weighted by Crippen LogP contribution is -2.38. The van der Waals surface area contributed by atoms with Crippen LogP contribution in [-0.2, 0) is 16.0 Å². The molecule has 0 fully saturated rings. The number of hydrogen-bond donors (Lipinski definition) is 2. The monoisotopic (exact) mass is 411 g/mol. The number of amides is 2. The Morgan fingerprint density at radius 2 is 1.77 bits per heavy atom. The first-order valence-corrected chi connectivity index (χ1v) is 9.23. The SMILES string of the molecule is C=CCOc1ccc(/C=N\NC(=O)C(=O)NCCc2ccc(OC)c(OC)c2)cc1. The molecule has 2 N–H and O–H groups in total. The first-order valence-electron chi connectivity index (χ1n) is 9.23.